The van der Waals surface area contributed by atoms with Gasteiger partial charge in [0.25, 0.3) is 5.91 Å². The first-order valence-corrected chi connectivity index (χ1v) is 8.92. The van der Waals surface area contributed by atoms with Crippen LogP contribution in [0.5, 0.6) is 11.5 Å². The number of likely N-dealkylation sites (N-methyl/N-ethyl adjacent to an activating group) is 1. The first-order valence-electron chi connectivity index (χ1n) is 8.92. The average molecular weight is 353 g/mol. The molecular weight excluding hydrogens is 330 g/mol. The fourth-order valence-corrected chi connectivity index (χ4v) is 3.26. The van der Waals surface area contributed by atoms with Gasteiger partial charge in [0.15, 0.2) is 11.5 Å². The number of rotatable bonds is 3. The number of carbonyl (C=O) groups excluding carboxylic acids is 1. The van der Waals surface area contributed by atoms with Gasteiger partial charge in [-0.3, -0.25) is 4.79 Å². The number of nitrogens with zero attached hydrogens (tertiary/aromatic N) is 2. The maximum Gasteiger partial charge on any atom is 0.269 e. The summed E-state index contributed by atoms with van der Waals surface area (Å²) in [5.41, 5.74) is 1.86. The summed E-state index contributed by atoms with van der Waals surface area (Å²) < 4.78 is 11.5. The van der Waals surface area contributed by atoms with Gasteiger partial charge >= 0.3 is 0 Å². The summed E-state index contributed by atoms with van der Waals surface area (Å²) in [5, 5.41) is 3.02. The quantitative estimate of drug-likeness (QED) is 0.917. The molecule has 1 saturated heterocycles. The Balaban J connectivity index is 1.47. The van der Waals surface area contributed by atoms with Crippen LogP contribution in [0.3, 0.4) is 0 Å². The second kappa shape index (κ2) is 7.25. The smallest absolute Gasteiger partial charge is 0.269 e. The fraction of sp³-hybridized carbons (Fsp3) is 0.350. The van der Waals surface area contributed by atoms with Crippen LogP contribution >= 0.6 is 0 Å². The molecule has 0 spiro atoms. The number of ether oxygens (including phenoxy) is 2. The van der Waals surface area contributed by atoms with Crippen LogP contribution in [-0.4, -0.2) is 56.7 Å². The SMILES string of the molecule is CN1CCN(c2ccccc2NC(=O)[C@H]2COc3ccccc3O2)CC1. The largest absolute Gasteiger partial charge is 0.485 e. The van der Waals surface area contributed by atoms with E-state index in [2.05, 4.69) is 28.2 Å². The van der Waals surface area contributed by atoms with Crippen LogP contribution in [0.15, 0.2) is 48.5 Å². The fourth-order valence-electron chi connectivity index (χ4n) is 3.26. The molecule has 6 heteroatoms. The van der Waals surface area contributed by atoms with Crippen LogP contribution in [0.4, 0.5) is 11.4 Å². The lowest BCUT2D eigenvalue weighted by Crippen LogP contribution is -2.45. The third-order valence-corrected chi connectivity index (χ3v) is 4.81. The molecule has 136 valence electrons. The number of para-hydroxylation sites is 4. The molecule has 0 aliphatic carbocycles. The van der Waals surface area contributed by atoms with E-state index < -0.39 is 6.10 Å². The third-order valence-electron chi connectivity index (χ3n) is 4.81. The lowest BCUT2D eigenvalue weighted by atomic mass is 10.2. The summed E-state index contributed by atoms with van der Waals surface area (Å²) in [7, 11) is 2.13. The lowest BCUT2D eigenvalue weighted by molar-refractivity contribution is -0.125. The van der Waals surface area contributed by atoms with Gasteiger partial charge in [0, 0.05) is 26.2 Å². The van der Waals surface area contributed by atoms with Crippen molar-refractivity contribution in [2.75, 3.05) is 50.1 Å². The van der Waals surface area contributed by atoms with E-state index in [1.54, 1.807) is 0 Å². The highest BCUT2D eigenvalue weighted by molar-refractivity contribution is 5.97. The molecule has 2 aromatic rings. The molecule has 2 aliphatic rings. The zero-order valence-corrected chi connectivity index (χ0v) is 14.9. The summed E-state index contributed by atoms with van der Waals surface area (Å²) in [6, 6.07) is 15.3. The molecule has 1 fully saturated rings. The van der Waals surface area contributed by atoms with Gasteiger partial charge in [-0.1, -0.05) is 24.3 Å². The predicted molar refractivity (Wildman–Crippen MR) is 101 cm³/mol. The number of carbonyl (C=O) groups is 1. The van der Waals surface area contributed by atoms with E-state index in [1.807, 2.05) is 42.5 Å². The Bertz CT molecular complexity index is 787. The van der Waals surface area contributed by atoms with Crippen molar-refractivity contribution < 1.29 is 14.3 Å². The zero-order valence-electron chi connectivity index (χ0n) is 14.9. The van der Waals surface area contributed by atoms with Crippen molar-refractivity contribution in [3.8, 4) is 11.5 Å². The van der Waals surface area contributed by atoms with Crippen LogP contribution in [0.25, 0.3) is 0 Å². The molecule has 1 N–H and O–H groups in total. The van der Waals surface area contributed by atoms with Crippen molar-refractivity contribution in [2.45, 2.75) is 6.10 Å². The number of hydrogen-bond donors (Lipinski definition) is 1. The Morgan fingerprint density at radius 2 is 1.69 bits per heavy atom. The number of anilines is 2. The van der Waals surface area contributed by atoms with Gasteiger partial charge in [0.05, 0.1) is 11.4 Å². The van der Waals surface area contributed by atoms with E-state index >= 15 is 0 Å². The van der Waals surface area contributed by atoms with Gasteiger partial charge in [0.1, 0.15) is 6.61 Å². The molecule has 1 atom stereocenters. The lowest BCUT2D eigenvalue weighted by Gasteiger charge is -2.35. The Morgan fingerprint density at radius 1 is 1.00 bits per heavy atom. The average Bonchev–Trinajstić information content (AvgIpc) is 2.69. The van der Waals surface area contributed by atoms with E-state index in [9.17, 15) is 4.79 Å². The molecule has 0 radical (unpaired) electrons. The van der Waals surface area contributed by atoms with Crippen LogP contribution in [-0.2, 0) is 4.79 Å². The number of piperazine rings is 1. The van der Waals surface area contributed by atoms with E-state index in [4.69, 9.17) is 9.47 Å². The van der Waals surface area contributed by atoms with Crippen LogP contribution < -0.4 is 19.7 Å². The Labute approximate surface area is 153 Å². The topological polar surface area (TPSA) is 54.0 Å². The van der Waals surface area contributed by atoms with Crippen molar-refractivity contribution in [2.24, 2.45) is 0 Å². The van der Waals surface area contributed by atoms with Gasteiger partial charge in [-0.25, -0.2) is 0 Å². The van der Waals surface area contributed by atoms with Gasteiger partial charge in [-0.05, 0) is 31.3 Å². The summed E-state index contributed by atoms with van der Waals surface area (Å²) in [5.74, 6) is 1.08. The Morgan fingerprint density at radius 3 is 2.50 bits per heavy atom. The molecule has 6 nitrogen and oxygen atoms in total. The summed E-state index contributed by atoms with van der Waals surface area (Å²) >= 11 is 0. The summed E-state index contributed by atoms with van der Waals surface area (Å²) in [6.45, 7) is 4.12. The summed E-state index contributed by atoms with van der Waals surface area (Å²) in [6.07, 6.45) is -0.662. The number of nitrogens with one attached hydrogen (secondary N) is 1. The minimum absolute atomic E-state index is 0.193. The Hall–Kier alpha value is -2.73. The number of fused-ring (bicyclic) bond motifs is 1. The molecule has 2 aliphatic heterocycles. The van der Waals surface area contributed by atoms with E-state index in [0.29, 0.717) is 11.5 Å². The minimum Gasteiger partial charge on any atom is -0.485 e. The minimum atomic E-state index is -0.662. The molecule has 0 unspecified atom stereocenters. The normalized spacial score (nSPS) is 19.9. The standard InChI is InChI=1S/C20H23N3O3/c1-22-10-12-23(13-11-22)16-7-3-2-6-15(16)21-20(24)19-14-25-17-8-4-5-9-18(17)26-19/h2-9,19H,10-14H2,1H3,(H,21,24)/t19-/m1/s1. The third kappa shape index (κ3) is 3.46. The van der Waals surface area contributed by atoms with E-state index in [1.165, 1.54) is 0 Å². The maximum atomic E-state index is 12.7. The molecule has 0 saturated carbocycles. The molecule has 2 aromatic carbocycles. The predicted octanol–water partition coefficient (Wildman–Crippen LogP) is 2.22. The molecule has 0 aromatic heterocycles. The van der Waals surface area contributed by atoms with Gasteiger partial charge in [-0.15, -0.1) is 0 Å². The van der Waals surface area contributed by atoms with Crippen LogP contribution in [0, 0.1) is 0 Å². The molecule has 4 rings (SSSR count). The monoisotopic (exact) mass is 353 g/mol. The van der Waals surface area contributed by atoms with Crippen LogP contribution in [0.2, 0.25) is 0 Å². The molecule has 1 amide bonds. The van der Waals surface area contributed by atoms with E-state index in [-0.39, 0.29) is 12.5 Å². The van der Waals surface area contributed by atoms with Crippen molar-refractivity contribution >= 4 is 17.3 Å². The second-order valence-corrected chi connectivity index (χ2v) is 6.66. The highest BCUT2D eigenvalue weighted by atomic mass is 16.6. The number of benzene rings is 2. The zero-order chi connectivity index (χ0) is 17.9. The second-order valence-electron chi connectivity index (χ2n) is 6.66. The van der Waals surface area contributed by atoms with Gasteiger partial charge in [0.2, 0.25) is 6.10 Å². The van der Waals surface area contributed by atoms with Crippen molar-refractivity contribution in [3.63, 3.8) is 0 Å². The molecular formula is C20H23N3O3. The van der Waals surface area contributed by atoms with Gasteiger partial charge < -0.3 is 24.6 Å². The molecule has 26 heavy (non-hydrogen) atoms. The maximum absolute atomic E-state index is 12.7. The van der Waals surface area contributed by atoms with Crippen molar-refractivity contribution in [3.05, 3.63) is 48.5 Å². The van der Waals surface area contributed by atoms with Crippen molar-refractivity contribution in [1.82, 2.24) is 4.90 Å². The summed E-state index contributed by atoms with van der Waals surface area (Å²) in [4.78, 5) is 17.3. The Kier molecular flexibility index (Phi) is 4.67. The molecule has 0 bridgehead atoms. The number of hydrogen-bond acceptors (Lipinski definition) is 5. The molecule has 2 heterocycles. The first-order chi connectivity index (χ1) is 12.7. The van der Waals surface area contributed by atoms with Gasteiger partial charge in [-0.2, -0.15) is 0 Å². The van der Waals surface area contributed by atoms with E-state index in [0.717, 1.165) is 37.6 Å². The first kappa shape index (κ1) is 16.7. The van der Waals surface area contributed by atoms with Crippen molar-refractivity contribution in [1.29, 1.82) is 0 Å². The highest BCUT2D eigenvalue weighted by Gasteiger charge is 2.28. The van der Waals surface area contributed by atoms with Crippen LogP contribution in [0.1, 0.15) is 0 Å². The highest BCUT2D eigenvalue weighted by Crippen LogP contribution is 2.32. The number of amides is 1.